The minimum Gasteiger partial charge on any atom is -0.462 e. The Labute approximate surface area is 252 Å². The van der Waals surface area contributed by atoms with Gasteiger partial charge in [-0.2, -0.15) is 0 Å². The summed E-state index contributed by atoms with van der Waals surface area (Å²) in [5, 5.41) is 10.4. The van der Waals surface area contributed by atoms with Crippen LogP contribution in [0.2, 0.25) is 0 Å². The van der Waals surface area contributed by atoms with Crippen LogP contribution in [0, 0.1) is 22.2 Å². The van der Waals surface area contributed by atoms with Crippen LogP contribution in [0.15, 0.2) is 0 Å². The van der Waals surface area contributed by atoms with Gasteiger partial charge in [0.05, 0.1) is 11.5 Å². The van der Waals surface area contributed by atoms with Crippen LogP contribution in [-0.4, -0.2) is 23.3 Å². The Morgan fingerprint density at radius 3 is 1.35 bits per heavy atom. The highest BCUT2D eigenvalue weighted by Gasteiger charge is 2.30. The lowest BCUT2D eigenvalue weighted by molar-refractivity contribution is -0.161. The first-order valence-electron chi connectivity index (χ1n) is 17.4. The van der Waals surface area contributed by atoms with Crippen molar-refractivity contribution in [2.24, 2.45) is 22.2 Å². The summed E-state index contributed by atoms with van der Waals surface area (Å²) in [5.41, 5.74) is 0.378. The molecule has 0 aliphatic carbocycles. The monoisotopic (exact) mass is 567 g/mol. The average Bonchev–Trinajstić information content (AvgIpc) is 2.81. The van der Waals surface area contributed by atoms with Gasteiger partial charge in [0.2, 0.25) is 0 Å². The number of esters is 1. The van der Waals surface area contributed by atoms with Crippen molar-refractivity contribution in [1.82, 2.24) is 0 Å². The van der Waals surface area contributed by atoms with Crippen LogP contribution >= 0.6 is 0 Å². The second kappa shape index (κ2) is 21.2. The number of aliphatic hydroxyl groups excluding tert-OH is 1. The maximum atomic E-state index is 13.2. The zero-order valence-corrected chi connectivity index (χ0v) is 29.1. The number of hydrogen-bond donors (Lipinski definition) is 1. The summed E-state index contributed by atoms with van der Waals surface area (Å²) in [6.45, 7) is 22.5. The van der Waals surface area contributed by atoms with E-state index in [1.807, 2.05) is 0 Å². The number of aliphatic hydroxyl groups is 1. The zero-order valence-electron chi connectivity index (χ0n) is 29.1. The molecular formula is C37H74O3. The van der Waals surface area contributed by atoms with Gasteiger partial charge in [-0.25, -0.2) is 0 Å². The van der Waals surface area contributed by atoms with E-state index in [1.54, 1.807) is 0 Å². The summed E-state index contributed by atoms with van der Waals surface area (Å²) in [5.74, 6) is 0.758. The van der Waals surface area contributed by atoms with E-state index in [1.165, 1.54) is 57.8 Å². The number of rotatable bonds is 24. The second-order valence-electron chi connectivity index (χ2n) is 16.5. The highest BCUT2D eigenvalue weighted by Crippen LogP contribution is 2.29. The molecule has 0 aliphatic rings. The molecular weight excluding hydrogens is 492 g/mol. The fourth-order valence-corrected chi connectivity index (χ4v) is 5.46. The topological polar surface area (TPSA) is 46.5 Å². The van der Waals surface area contributed by atoms with Gasteiger partial charge in [0.15, 0.2) is 0 Å². The molecule has 0 bridgehead atoms. The van der Waals surface area contributed by atoms with Crippen LogP contribution in [0.5, 0.6) is 0 Å². The maximum absolute atomic E-state index is 13.2. The Balaban J connectivity index is 4.40. The largest absolute Gasteiger partial charge is 0.462 e. The third-order valence-electron chi connectivity index (χ3n) is 8.39. The van der Waals surface area contributed by atoms with Crippen LogP contribution in [0.3, 0.4) is 0 Å². The van der Waals surface area contributed by atoms with Crippen molar-refractivity contribution < 1.29 is 14.6 Å². The van der Waals surface area contributed by atoms with E-state index in [-0.39, 0.29) is 18.2 Å². The van der Waals surface area contributed by atoms with Crippen molar-refractivity contribution >= 4 is 5.97 Å². The first kappa shape index (κ1) is 39.4. The van der Waals surface area contributed by atoms with E-state index in [4.69, 9.17) is 4.74 Å². The molecule has 0 saturated carbocycles. The molecule has 0 aromatic rings. The van der Waals surface area contributed by atoms with E-state index in [0.717, 1.165) is 76.5 Å². The quantitative estimate of drug-likeness (QED) is 0.0933. The summed E-state index contributed by atoms with van der Waals surface area (Å²) in [4.78, 5) is 13.2. The lowest BCUT2D eigenvalue weighted by Crippen LogP contribution is -2.31. The number of carbonyl (C=O) groups is 1. The van der Waals surface area contributed by atoms with Crippen molar-refractivity contribution in [3.8, 4) is 0 Å². The predicted molar refractivity (Wildman–Crippen MR) is 176 cm³/mol. The van der Waals surface area contributed by atoms with Gasteiger partial charge in [-0.15, -0.1) is 0 Å². The summed E-state index contributed by atoms with van der Waals surface area (Å²) < 4.78 is 6.19. The molecule has 0 fully saturated rings. The van der Waals surface area contributed by atoms with Crippen molar-refractivity contribution in [3.63, 3.8) is 0 Å². The molecule has 0 radical (unpaired) electrons. The summed E-state index contributed by atoms with van der Waals surface area (Å²) >= 11 is 0. The molecule has 0 saturated heterocycles. The maximum Gasteiger partial charge on any atom is 0.311 e. The van der Waals surface area contributed by atoms with E-state index in [0.29, 0.717) is 10.8 Å². The van der Waals surface area contributed by atoms with Crippen LogP contribution < -0.4 is 0 Å². The van der Waals surface area contributed by atoms with Gasteiger partial charge >= 0.3 is 5.97 Å². The van der Waals surface area contributed by atoms with Crippen LogP contribution in [0.1, 0.15) is 198 Å². The van der Waals surface area contributed by atoms with Gasteiger partial charge in [-0.3, -0.25) is 4.79 Å². The fraction of sp³-hybridized carbons (Fsp3) is 0.973. The highest BCUT2D eigenvalue weighted by atomic mass is 16.5. The summed E-state index contributed by atoms with van der Waals surface area (Å²) in [7, 11) is 0. The minimum atomic E-state index is -0.437. The Hall–Kier alpha value is -0.570. The predicted octanol–water partition coefficient (Wildman–Crippen LogP) is 11.8. The molecule has 3 nitrogen and oxygen atoms in total. The van der Waals surface area contributed by atoms with Crippen molar-refractivity contribution in [1.29, 1.82) is 0 Å². The van der Waals surface area contributed by atoms with E-state index < -0.39 is 5.41 Å². The molecule has 3 heteroatoms. The third-order valence-corrected chi connectivity index (χ3v) is 8.39. The standard InChI is InChI=1S/C37H74O3/c1-31(2)23-15-11-18-26-33(27-19-14-21-29-36(6,7)8)40-34(39)37(9,10)30-22-13-17-25-32(38)24-16-12-20-28-35(3,4)5/h31-33,38H,11-30H2,1-10H3. The first-order valence-corrected chi connectivity index (χ1v) is 17.4. The Morgan fingerprint density at radius 2 is 0.925 bits per heavy atom. The number of carbonyl (C=O) groups excluding carboxylic acids is 1. The number of ether oxygens (including phenoxy) is 1. The molecule has 0 aliphatic heterocycles. The molecule has 0 aromatic carbocycles. The lowest BCUT2D eigenvalue weighted by atomic mass is 9.86. The van der Waals surface area contributed by atoms with Gasteiger partial charge in [0, 0.05) is 0 Å². The average molecular weight is 567 g/mol. The van der Waals surface area contributed by atoms with Crippen LogP contribution in [0.4, 0.5) is 0 Å². The normalized spacial score (nSPS) is 14.5. The molecule has 2 unspecified atom stereocenters. The zero-order chi connectivity index (χ0) is 30.7. The minimum absolute atomic E-state index is 0.00957. The number of hydrogen-bond acceptors (Lipinski definition) is 3. The smallest absolute Gasteiger partial charge is 0.311 e. The molecule has 0 spiro atoms. The lowest BCUT2D eigenvalue weighted by Gasteiger charge is -2.27. The second-order valence-corrected chi connectivity index (χ2v) is 16.5. The van der Waals surface area contributed by atoms with Gasteiger partial charge in [0.1, 0.15) is 6.10 Å². The van der Waals surface area contributed by atoms with Crippen LogP contribution in [0.25, 0.3) is 0 Å². The van der Waals surface area contributed by atoms with Crippen molar-refractivity contribution in [2.45, 2.75) is 210 Å². The van der Waals surface area contributed by atoms with E-state index >= 15 is 0 Å². The molecule has 0 aromatic heterocycles. The third kappa shape index (κ3) is 25.2. The van der Waals surface area contributed by atoms with Gasteiger partial charge in [-0.1, -0.05) is 126 Å². The van der Waals surface area contributed by atoms with Crippen molar-refractivity contribution in [3.05, 3.63) is 0 Å². The first-order chi connectivity index (χ1) is 18.5. The van der Waals surface area contributed by atoms with Gasteiger partial charge in [-0.05, 0) is 88.4 Å². The Morgan fingerprint density at radius 1 is 0.550 bits per heavy atom. The van der Waals surface area contributed by atoms with Gasteiger partial charge in [0.25, 0.3) is 0 Å². The summed E-state index contributed by atoms with van der Waals surface area (Å²) in [6.07, 6.45) is 22.5. The Kier molecular flexibility index (Phi) is 20.9. The number of unbranched alkanes of at least 4 members (excludes halogenated alkanes) is 8. The molecule has 240 valence electrons. The molecule has 0 heterocycles. The van der Waals surface area contributed by atoms with E-state index in [9.17, 15) is 9.90 Å². The molecule has 40 heavy (non-hydrogen) atoms. The SMILES string of the molecule is CC(C)CCCCCC(CCCCCC(C)(C)C)OC(=O)C(C)(C)CCCCCC(O)CCCCCC(C)(C)C. The molecule has 0 amide bonds. The molecule has 0 rings (SSSR count). The molecule has 1 N–H and O–H groups in total. The van der Waals surface area contributed by atoms with Crippen LogP contribution in [-0.2, 0) is 9.53 Å². The highest BCUT2D eigenvalue weighted by molar-refractivity contribution is 5.76. The van der Waals surface area contributed by atoms with Crippen molar-refractivity contribution in [2.75, 3.05) is 0 Å². The fourth-order valence-electron chi connectivity index (χ4n) is 5.46. The Bertz CT molecular complexity index is 608. The van der Waals surface area contributed by atoms with Gasteiger partial charge < -0.3 is 9.84 Å². The van der Waals surface area contributed by atoms with E-state index in [2.05, 4.69) is 69.2 Å². The molecule has 2 atom stereocenters. The summed E-state index contributed by atoms with van der Waals surface area (Å²) in [6, 6.07) is 0.